The van der Waals surface area contributed by atoms with Crippen LogP contribution in [-0.4, -0.2) is 58.9 Å². The third kappa shape index (κ3) is 3.27. The summed E-state index contributed by atoms with van der Waals surface area (Å²) in [7, 11) is 2.07. The van der Waals surface area contributed by atoms with Gasteiger partial charge in [0.1, 0.15) is 17.7 Å². The molecule has 26 heavy (non-hydrogen) atoms. The molecular weight excluding hydrogens is 352 g/mol. The van der Waals surface area contributed by atoms with E-state index in [0.29, 0.717) is 16.6 Å². The highest BCUT2D eigenvalue weighted by molar-refractivity contribution is 6.31. The smallest absolute Gasteiger partial charge is 0.226 e. The number of aryl methyl sites for hydroxylation is 1. The zero-order valence-electron chi connectivity index (χ0n) is 14.9. The molecular formula is C19H21ClN4O2. The molecule has 2 aliphatic heterocycles. The Hall–Kier alpha value is -2.18. The molecule has 4 rings (SSSR count). The van der Waals surface area contributed by atoms with Crippen LogP contribution in [0.1, 0.15) is 23.9 Å². The minimum Gasteiger partial charge on any atom is -0.484 e. The Kier molecular flexibility index (Phi) is 4.54. The van der Waals surface area contributed by atoms with Crippen LogP contribution in [0.15, 0.2) is 24.4 Å². The lowest BCUT2D eigenvalue weighted by Crippen LogP contribution is -2.47. The van der Waals surface area contributed by atoms with Gasteiger partial charge in [0.05, 0.1) is 12.1 Å². The highest BCUT2D eigenvalue weighted by atomic mass is 35.5. The minimum absolute atomic E-state index is 0.104. The summed E-state index contributed by atoms with van der Waals surface area (Å²) in [6, 6.07) is 5.48. The van der Waals surface area contributed by atoms with E-state index in [-0.39, 0.29) is 18.4 Å². The first-order valence-corrected chi connectivity index (χ1v) is 9.15. The SMILES string of the molecule is Cc1ncc2c(n1)-c1cc(Cl)ccc1OC2CC(=O)N1CCN(C)CC1. The van der Waals surface area contributed by atoms with Crippen molar-refractivity contribution >= 4 is 17.5 Å². The summed E-state index contributed by atoms with van der Waals surface area (Å²) >= 11 is 6.15. The molecule has 1 amide bonds. The highest BCUT2D eigenvalue weighted by Gasteiger charge is 2.31. The Morgan fingerprint density at radius 2 is 2.08 bits per heavy atom. The number of benzene rings is 1. The molecule has 1 aromatic carbocycles. The molecule has 1 unspecified atom stereocenters. The Morgan fingerprint density at radius 1 is 1.31 bits per heavy atom. The molecule has 1 saturated heterocycles. The molecule has 1 fully saturated rings. The van der Waals surface area contributed by atoms with E-state index in [1.807, 2.05) is 24.0 Å². The van der Waals surface area contributed by atoms with Gasteiger partial charge >= 0.3 is 0 Å². The number of amides is 1. The number of carbonyl (C=O) groups excluding carboxylic acids is 1. The standard InChI is InChI=1S/C19H21ClN4O2/c1-12-21-11-15-17(10-18(25)24-7-5-23(2)6-8-24)26-16-4-3-13(20)9-14(16)19(15)22-12/h3-4,9,11,17H,5-8,10H2,1-2H3. The predicted molar refractivity (Wildman–Crippen MR) is 99.3 cm³/mol. The van der Waals surface area contributed by atoms with Gasteiger partial charge in [0.25, 0.3) is 0 Å². The number of likely N-dealkylation sites (N-methyl/N-ethyl adjacent to an activating group) is 1. The second-order valence-corrected chi connectivity index (χ2v) is 7.29. The summed E-state index contributed by atoms with van der Waals surface area (Å²) in [6.45, 7) is 5.16. The van der Waals surface area contributed by atoms with Crippen molar-refractivity contribution in [2.24, 2.45) is 0 Å². The fraction of sp³-hybridized carbons (Fsp3) is 0.421. The number of carbonyl (C=O) groups is 1. The van der Waals surface area contributed by atoms with Crippen LogP contribution in [0.5, 0.6) is 5.75 Å². The first kappa shape index (κ1) is 17.2. The molecule has 136 valence electrons. The lowest BCUT2D eigenvalue weighted by atomic mass is 9.96. The van der Waals surface area contributed by atoms with Crippen LogP contribution in [0, 0.1) is 6.92 Å². The van der Waals surface area contributed by atoms with E-state index < -0.39 is 0 Å². The minimum atomic E-state index is -0.383. The maximum Gasteiger partial charge on any atom is 0.226 e. The second-order valence-electron chi connectivity index (χ2n) is 6.86. The predicted octanol–water partition coefficient (Wildman–Crippen LogP) is 2.70. The molecule has 0 saturated carbocycles. The molecule has 7 heteroatoms. The van der Waals surface area contributed by atoms with Gasteiger partial charge in [0.15, 0.2) is 0 Å². The molecule has 0 spiro atoms. The van der Waals surface area contributed by atoms with E-state index in [0.717, 1.165) is 43.0 Å². The highest BCUT2D eigenvalue weighted by Crippen LogP contribution is 2.43. The van der Waals surface area contributed by atoms with E-state index in [1.54, 1.807) is 12.3 Å². The molecule has 2 aromatic rings. The van der Waals surface area contributed by atoms with Gasteiger partial charge in [-0.1, -0.05) is 11.6 Å². The fourth-order valence-electron chi connectivity index (χ4n) is 3.43. The zero-order chi connectivity index (χ0) is 18.3. The number of nitrogens with zero attached hydrogens (tertiary/aromatic N) is 4. The van der Waals surface area contributed by atoms with E-state index >= 15 is 0 Å². The van der Waals surface area contributed by atoms with Crippen molar-refractivity contribution in [1.82, 2.24) is 19.8 Å². The number of piperazine rings is 1. The van der Waals surface area contributed by atoms with E-state index in [1.165, 1.54) is 0 Å². The first-order valence-electron chi connectivity index (χ1n) is 8.77. The van der Waals surface area contributed by atoms with E-state index in [9.17, 15) is 4.79 Å². The van der Waals surface area contributed by atoms with Crippen LogP contribution in [0.4, 0.5) is 0 Å². The van der Waals surface area contributed by atoms with Crippen molar-refractivity contribution in [2.45, 2.75) is 19.4 Å². The van der Waals surface area contributed by atoms with Gasteiger partial charge < -0.3 is 14.5 Å². The molecule has 2 aliphatic rings. The van der Waals surface area contributed by atoms with Crippen molar-refractivity contribution in [3.63, 3.8) is 0 Å². The number of halogens is 1. The Balaban J connectivity index is 1.62. The molecule has 0 N–H and O–H groups in total. The molecule has 0 radical (unpaired) electrons. The van der Waals surface area contributed by atoms with Gasteiger partial charge in [-0.25, -0.2) is 9.97 Å². The van der Waals surface area contributed by atoms with Gasteiger partial charge in [0.2, 0.25) is 5.91 Å². The third-order valence-electron chi connectivity index (χ3n) is 4.97. The molecule has 1 atom stereocenters. The van der Waals surface area contributed by atoms with Crippen molar-refractivity contribution in [3.8, 4) is 17.0 Å². The van der Waals surface area contributed by atoms with E-state index in [4.69, 9.17) is 16.3 Å². The maximum atomic E-state index is 12.8. The lowest BCUT2D eigenvalue weighted by Gasteiger charge is -2.34. The van der Waals surface area contributed by atoms with Crippen molar-refractivity contribution in [1.29, 1.82) is 0 Å². The Bertz CT molecular complexity index is 849. The largest absolute Gasteiger partial charge is 0.484 e. The monoisotopic (exact) mass is 372 g/mol. The molecule has 0 bridgehead atoms. The van der Waals surface area contributed by atoms with Crippen LogP contribution in [-0.2, 0) is 4.79 Å². The fourth-order valence-corrected chi connectivity index (χ4v) is 3.60. The van der Waals surface area contributed by atoms with Gasteiger partial charge in [-0.05, 0) is 32.2 Å². The molecule has 0 aliphatic carbocycles. The van der Waals surface area contributed by atoms with Crippen molar-refractivity contribution < 1.29 is 9.53 Å². The zero-order valence-corrected chi connectivity index (χ0v) is 15.7. The summed E-state index contributed by atoms with van der Waals surface area (Å²) in [6.07, 6.45) is 1.67. The van der Waals surface area contributed by atoms with Gasteiger partial charge in [-0.2, -0.15) is 0 Å². The summed E-state index contributed by atoms with van der Waals surface area (Å²) in [5, 5.41) is 0.626. The Morgan fingerprint density at radius 3 is 2.85 bits per heavy atom. The molecule has 1 aromatic heterocycles. The number of hydrogen-bond donors (Lipinski definition) is 0. The Labute approximate surface area is 157 Å². The van der Waals surface area contributed by atoms with E-state index in [2.05, 4.69) is 21.9 Å². The normalized spacial score (nSPS) is 19.5. The molecule has 6 nitrogen and oxygen atoms in total. The third-order valence-corrected chi connectivity index (χ3v) is 5.20. The average molecular weight is 373 g/mol. The van der Waals surface area contributed by atoms with Crippen molar-refractivity contribution in [3.05, 3.63) is 40.8 Å². The van der Waals surface area contributed by atoms with Gasteiger partial charge in [0, 0.05) is 48.5 Å². The quantitative estimate of drug-likeness (QED) is 0.811. The topological polar surface area (TPSA) is 58.6 Å². The first-order chi connectivity index (χ1) is 12.5. The number of rotatable bonds is 2. The van der Waals surface area contributed by atoms with Crippen LogP contribution < -0.4 is 4.74 Å². The van der Waals surface area contributed by atoms with Crippen LogP contribution in [0.3, 0.4) is 0 Å². The van der Waals surface area contributed by atoms with Crippen molar-refractivity contribution in [2.75, 3.05) is 33.2 Å². The number of aromatic nitrogens is 2. The number of fused-ring (bicyclic) bond motifs is 3. The summed E-state index contributed by atoms with van der Waals surface area (Å²) in [5.74, 6) is 1.49. The number of ether oxygens (including phenoxy) is 1. The summed E-state index contributed by atoms with van der Waals surface area (Å²) < 4.78 is 6.14. The lowest BCUT2D eigenvalue weighted by molar-refractivity contribution is -0.134. The second kappa shape index (κ2) is 6.85. The average Bonchev–Trinajstić information content (AvgIpc) is 2.62. The van der Waals surface area contributed by atoms with Gasteiger partial charge in [-0.3, -0.25) is 4.79 Å². The number of hydrogen-bond acceptors (Lipinski definition) is 5. The molecule has 3 heterocycles. The summed E-state index contributed by atoms with van der Waals surface area (Å²) in [5.41, 5.74) is 2.49. The van der Waals surface area contributed by atoms with Crippen LogP contribution in [0.2, 0.25) is 5.02 Å². The van der Waals surface area contributed by atoms with Crippen LogP contribution >= 0.6 is 11.6 Å². The maximum absolute atomic E-state index is 12.8. The van der Waals surface area contributed by atoms with Gasteiger partial charge in [-0.15, -0.1) is 0 Å². The summed E-state index contributed by atoms with van der Waals surface area (Å²) in [4.78, 5) is 25.8. The van der Waals surface area contributed by atoms with Crippen LogP contribution in [0.25, 0.3) is 11.3 Å².